The van der Waals surface area contributed by atoms with Crippen LogP contribution in [0.25, 0.3) is 0 Å². The second-order valence-corrected chi connectivity index (χ2v) is 7.91. The van der Waals surface area contributed by atoms with Crippen LogP contribution in [0.1, 0.15) is 24.0 Å². The van der Waals surface area contributed by atoms with Gasteiger partial charge in [-0.2, -0.15) is 0 Å². The van der Waals surface area contributed by atoms with Crippen LogP contribution in [0.5, 0.6) is 5.75 Å². The van der Waals surface area contributed by atoms with Gasteiger partial charge in [0.25, 0.3) is 5.91 Å². The molecular formula is C17H19N3O4S2. The second-order valence-electron chi connectivity index (χ2n) is 5.71. The highest BCUT2D eigenvalue weighted by Gasteiger charge is 2.13. The summed E-state index contributed by atoms with van der Waals surface area (Å²) >= 11 is 2.41. The first kappa shape index (κ1) is 18.7. The zero-order valence-electron chi connectivity index (χ0n) is 14.3. The molecule has 0 aliphatic heterocycles. The average Bonchev–Trinajstić information content (AvgIpc) is 3.11. The Hall–Kier alpha value is -2.13. The molecule has 1 aliphatic rings. The number of amides is 1. The van der Waals surface area contributed by atoms with Gasteiger partial charge in [0, 0.05) is 0 Å². The number of methoxy groups -OCH3 is 1. The number of hydrogen-bond acceptors (Lipinski definition) is 8. The van der Waals surface area contributed by atoms with Crippen molar-refractivity contribution in [1.29, 1.82) is 0 Å². The molecule has 2 aromatic rings. The van der Waals surface area contributed by atoms with Gasteiger partial charge in [-0.1, -0.05) is 29.2 Å². The third-order valence-corrected chi connectivity index (χ3v) is 5.83. The minimum absolute atomic E-state index is 0.0942. The molecule has 1 aliphatic carbocycles. The number of carbonyl (C=O) groups is 2. The van der Waals surface area contributed by atoms with Gasteiger partial charge in [0.1, 0.15) is 5.75 Å². The number of nitrogens with zero attached hydrogens (tertiary/aromatic N) is 2. The Morgan fingerprint density at radius 2 is 2.04 bits per heavy atom. The molecule has 7 nitrogen and oxygen atoms in total. The Morgan fingerprint density at radius 3 is 2.85 bits per heavy atom. The third kappa shape index (κ3) is 5.18. The maximum absolute atomic E-state index is 12.0. The molecule has 0 atom stereocenters. The summed E-state index contributed by atoms with van der Waals surface area (Å²) in [4.78, 5) is 23.1. The summed E-state index contributed by atoms with van der Waals surface area (Å²) in [7, 11) is 1.33. The highest BCUT2D eigenvalue weighted by atomic mass is 32.2. The number of carbonyl (C=O) groups excluding carboxylic acids is 2. The van der Waals surface area contributed by atoms with Crippen molar-refractivity contribution in [3.63, 3.8) is 0 Å². The van der Waals surface area contributed by atoms with E-state index in [-0.39, 0.29) is 24.2 Å². The summed E-state index contributed by atoms with van der Waals surface area (Å²) in [6.07, 6.45) is 4.61. The molecule has 9 heteroatoms. The Bertz CT molecular complexity index is 794. The molecule has 0 saturated carbocycles. The maximum Gasteiger partial charge on any atom is 0.316 e. The van der Waals surface area contributed by atoms with Crippen LogP contribution in [0.2, 0.25) is 0 Å². The minimum Gasteiger partial charge on any atom is -0.484 e. The topological polar surface area (TPSA) is 90.4 Å². The van der Waals surface area contributed by atoms with E-state index in [0.717, 1.165) is 12.8 Å². The number of aromatic nitrogens is 2. The maximum atomic E-state index is 12.0. The first-order valence-electron chi connectivity index (χ1n) is 8.21. The molecule has 0 radical (unpaired) electrons. The lowest BCUT2D eigenvalue weighted by Gasteiger charge is -2.16. The van der Waals surface area contributed by atoms with Crippen molar-refractivity contribution in [3.05, 3.63) is 29.3 Å². The van der Waals surface area contributed by atoms with E-state index in [4.69, 9.17) is 4.74 Å². The first-order valence-corrected chi connectivity index (χ1v) is 10.0. The van der Waals surface area contributed by atoms with Gasteiger partial charge >= 0.3 is 5.97 Å². The van der Waals surface area contributed by atoms with Crippen LogP contribution in [-0.2, 0) is 27.2 Å². The molecular weight excluding hydrogens is 374 g/mol. The predicted molar refractivity (Wildman–Crippen MR) is 99.9 cm³/mol. The Kier molecular flexibility index (Phi) is 6.45. The number of benzene rings is 1. The fourth-order valence-corrected chi connectivity index (χ4v) is 4.20. The van der Waals surface area contributed by atoms with Crippen LogP contribution in [0.3, 0.4) is 0 Å². The van der Waals surface area contributed by atoms with Crippen molar-refractivity contribution in [2.45, 2.75) is 30.0 Å². The Labute approximate surface area is 159 Å². The fourth-order valence-electron chi connectivity index (χ4n) is 2.60. The van der Waals surface area contributed by atoms with Gasteiger partial charge in [-0.25, -0.2) is 0 Å². The van der Waals surface area contributed by atoms with E-state index in [2.05, 4.69) is 26.3 Å². The van der Waals surface area contributed by atoms with Crippen LogP contribution >= 0.6 is 23.1 Å². The van der Waals surface area contributed by atoms with Gasteiger partial charge in [-0.3, -0.25) is 14.9 Å². The second kappa shape index (κ2) is 9.00. The summed E-state index contributed by atoms with van der Waals surface area (Å²) in [6, 6.07) is 6.01. The molecule has 0 unspecified atom stereocenters. The van der Waals surface area contributed by atoms with E-state index in [1.54, 1.807) is 0 Å². The van der Waals surface area contributed by atoms with Gasteiger partial charge in [0.05, 0.1) is 12.9 Å². The van der Waals surface area contributed by atoms with Crippen molar-refractivity contribution < 1.29 is 19.1 Å². The standard InChI is InChI=1S/C17H19N3O4S2/c1-23-15(22)10-25-17-20-19-16(26-17)18-14(21)9-24-13-7-6-11-4-2-3-5-12(11)8-13/h6-8H,2-5,9-10H2,1H3,(H,18,19,21). The zero-order valence-corrected chi connectivity index (χ0v) is 16.0. The minimum atomic E-state index is -0.339. The van der Waals surface area contributed by atoms with Crippen LogP contribution in [0.15, 0.2) is 22.5 Å². The molecule has 1 heterocycles. The molecule has 3 rings (SSSR count). The highest BCUT2D eigenvalue weighted by Crippen LogP contribution is 2.26. The summed E-state index contributed by atoms with van der Waals surface area (Å²) in [5, 5.41) is 10.8. The number of nitrogens with one attached hydrogen (secondary N) is 1. The van der Waals surface area contributed by atoms with Crippen LogP contribution in [0, 0.1) is 0 Å². The van der Waals surface area contributed by atoms with Crippen molar-refractivity contribution >= 4 is 40.1 Å². The van der Waals surface area contributed by atoms with Crippen molar-refractivity contribution in [1.82, 2.24) is 10.2 Å². The number of ether oxygens (including phenoxy) is 2. The molecule has 26 heavy (non-hydrogen) atoms. The first-order chi connectivity index (χ1) is 12.6. The number of aryl methyl sites for hydroxylation is 2. The molecule has 1 aromatic carbocycles. The predicted octanol–water partition coefficient (Wildman–Crippen LogP) is 2.70. The van der Waals surface area contributed by atoms with Gasteiger partial charge in [0.15, 0.2) is 10.9 Å². The lowest BCUT2D eigenvalue weighted by Crippen LogP contribution is -2.20. The fraction of sp³-hybridized carbons (Fsp3) is 0.412. The van der Waals surface area contributed by atoms with E-state index in [1.165, 1.54) is 54.2 Å². The monoisotopic (exact) mass is 393 g/mol. The van der Waals surface area contributed by atoms with E-state index in [0.29, 0.717) is 15.2 Å². The van der Waals surface area contributed by atoms with Gasteiger partial charge in [0.2, 0.25) is 5.13 Å². The molecule has 1 aromatic heterocycles. The quantitative estimate of drug-likeness (QED) is 0.439. The zero-order chi connectivity index (χ0) is 18.4. The number of anilines is 1. The van der Waals surface area contributed by atoms with Gasteiger partial charge in [-0.05, 0) is 48.9 Å². The smallest absolute Gasteiger partial charge is 0.316 e. The molecule has 138 valence electrons. The molecule has 0 spiro atoms. The lowest BCUT2D eigenvalue weighted by atomic mass is 9.92. The number of hydrogen-bond donors (Lipinski definition) is 1. The van der Waals surface area contributed by atoms with E-state index >= 15 is 0 Å². The van der Waals surface area contributed by atoms with E-state index in [9.17, 15) is 9.59 Å². The average molecular weight is 393 g/mol. The van der Waals surface area contributed by atoms with Crippen LogP contribution in [-0.4, -0.2) is 41.5 Å². The van der Waals surface area contributed by atoms with Crippen molar-refractivity contribution in [2.24, 2.45) is 0 Å². The van der Waals surface area contributed by atoms with Crippen LogP contribution in [0.4, 0.5) is 5.13 Å². The Balaban J connectivity index is 1.47. The SMILES string of the molecule is COC(=O)CSc1nnc(NC(=O)COc2ccc3c(c2)CCCC3)s1. The summed E-state index contributed by atoms with van der Waals surface area (Å²) < 4.78 is 10.7. The summed E-state index contributed by atoms with van der Waals surface area (Å²) in [5.74, 6) is 0.213. The largest absolute Gasteiger partial charge is 0.484 e. The van der Waals surface area contributed by atoms with Gasteiger partial charge in [-0.15, -0.1) is 10.2 Å². The number of esters is 1. The molecule has 0 saturated heterocycles. The highest BCUT2D eigenvalue weighted by molar-refractivity contribution is 8.01. The molecule has 0 bridgehead atoms. The number of rotatable bonds is 7. The normalized spacial score (nSPS) is 13.0. The van der Waals surface area contributed by atoms with Gasteiger partial charge < -0.3 is 9.47 Å². The van der Waals surface area contributed by atoms with E-state index in [1.807, 2.05) is 12.1 Å². The lowest BCUT2D eigenvalue weighted by molar-refractivity contribution is -0.137. The van der Waals surface area contributed by atoms with Crippen molar-refractivity contribution in [3.8, 4) is 5.75 Å². The number of fused-ring (bicyclic) bond motifs is 1. The molecule has 1 N–H and O–H groups in total. The van der Waals surface area contributed by atoms with Crippen LogP contribution < -0.4 is 10.1 Å². The Morgan fingerprint density at radius 1 is 1.23 bits per heavy atom. The summed E-state index contributed by atoms with van der Waals surface area (Å²) in [5.41, 5.74) is 2.68. The number of thioether (sulfide) groups is 1. The van der Waals surface area contributed by atoms with Crippen molar-refractivity contribution in [2.75, 3.05) is 24.8 Å². The molecule has 1 amide bonds. The molecule has 0 fully saturated rings. The van der Waals surface area contributed by atoms with E-state index < -0.39 is 0 Å². The summed E-state index contributed by atoms with van der Waals surface area (Å²) in [6.45, 7) is -0.0942. The third-order valence-electron chi connectivity index (χ3n) is 3.88.